The molecule has 1 fully saturated rings. The van der Waals surface area contributed by atoms with Crippen molar-refractivity contribution in [3.05, 3.63) is 60.0 Å². The van der Waals surface area contributed by atoms with Gasteiger partial charge in [-0.15, -0.1) is 0 Å². The van der Waals surface area contributed by atoms with E-state index in [1.165, 1.54) is 0 Å². The van der Waals surface area contributed by atoms with Crippen molar-refractivity contribution in [3.63, 3.8) is 0 Å². The number of nitrogens with one attached hydrogen (secondary N) is 2. The summed E-state index contributed by atoms with van der Waals surface area (Å²) in [6.07, 6.45) is 4.78. The Labute approximate surface area is 151 Å². The first-order chi connectivity index (χ1) is 12.7. The smallest absolute Gasteiger partial charge is 0.256 e. The highest BCUT2D eigenvalue weighted by atomic mass is 16.2. The minimum Gasteiger partial charge on any atom is -0.365 e. The summed E-state index contributed by atoms with van der Waals surface area (Å²) in [4.78, 5) is 35.4. The molecule has 0 atom stereocenters. The third-order valence-electron chi connectivity index (χ3n) is 4.96. The maximum absolute atomic E-state index is 13.0. The van der Waals surface area contributed by atoms with Gasteiger partial charge in [0.05, 0.1) is 12.0 Å². The van der Waals surface area contributed by atoms with Gasteiger partial charge in [0.25, 0.3) is 5.91 Å². The van der Waals surface area contributed by atoms with E-state index in [1.807, 2.05) is 52.4 Å². The van der Waals surface area contributed by atoms with E-state index in [1.54, 1.807) is 6.20 Å². The fourth-order valence-corrected chi connectivity index (χ4v) is 3.54. The minimum atomic E-state index is 0.0288. The monoisotopic (exact) mass is 350 g/mol. The maximum atomic E-state index is 13.0. The third kappa shape index (κ3) is 3.22. The SMILES string of the molecule is O=C(Cc1ccc[nH]1)N1CCCN(C(=O)c2c[nH]c3ccccc23)CC1. The highest BCUT2D eigenvalue weighted by Gasteiger charge is 2.24. The van der Waals surface area contributed by atoms with E-state index in [9.17, 15) is 9.59 Å². The van der Waals surface area contributed by atoms with Gasteiger partial charge in [0, 0.05) is 55.2 Å². The van der Waals surface area contributed by atoms with Crippen molar-refractivity contribution >= 4 is 22.7 Å². The highest BCUT2D eigenvalue weighted by molar-refractivity contribution is 6.06. The standard InChI is InChI=1S/C20H22N4O2/c25-19(13-15-5-3-8-21-15)23-9-4-10-24(12-11-23)20(26)17-14-22-18-7-2-1-6-16(17)18/h1-3,5-8,14,21-22H,4,9-13H2. The molecule has 2 aromatic heterocycles. The van der Waals surface area contributed by atoms with Gasteiger partial charge in [-0.05, 0) is 24.6 Å². The largest absolute Gasteiger partial charge is 0.365 e. The lowest BCUT2D eigenvalue weighted by Gasteiger charge is -2.22. The molecule has 3 heterocycles. The van der Waals surface area contributed by atoms with Crippen molar-refractivity contribution in [3.8, 4) is 0 Å². The zero-order valence-electron chi connectivity index (χ0n) is 14.6. The average Bonchev–Trinajstić information content (AvgIpc) is 3.25. The molecule has 1 aliphatic rings. The van der Waals surface area contributed by atoms with Gasteiger partial charge in [0.1, 0.15) is 0 Å². The second-order valence-electron chi connectivity index (χ2n) is 6.65. The summed E-state index contributed by atoms with van der Waals surface area (Å²) in [6, 6.07) is 11.6. The van der Waals surface area contributed by atoms with Crippen LogP contribution in [-0.2, 0) is 11.2 Å². The van der Waals surface area contributed by atoms with Crippen molar-refractivity contribution < 1.29 is 9.59 Å². The van der Waals surface area contributed by atoms with Crippen LogP contribution >= 0.6 is 0 Å². The summed E-state index contributed by atoms with van der Waals surface area (Å²) in [5.74, 6) is 0.134. The minimum absolute atomic E-state index is 0.0288. The number of carbonyl (C=O) groups excluding carboxylic acids is 2. The fourth-order valence-electron chi connectivity index (χ4n) is 3.54. The van der Waals surface area contributed by atoms with Gasteiger partial charge in [0.15, 0.2) is 0 Å². The van der Waals surface area contributed by atoms with E-state index in [0.717, 1.165) is 23.0 Å². The number of fused-ring (bicyclic) bond motifs is 1. The summed E-state index contributed by atoms with van der Waals surface area (Å²) < 4.78 is 0. The van der Waals surface area contributed by atoms with Crippen LogP contribution in [0.2, 0.25) is 0 Å². The molecule has 0 aliphatic carbocycles. The molecular weight excluding hydrogens is 328 g/mol. The Morgan fingerprint density at radius 3 is 2.58 bits per heavy atom. The number of aromatic nitrogens is 2. The average molecular weight is 350 g/mol. The van der Waals surface area contributed by atoms with Crippen LogP contribution in [0.25, 0.3) is 10.9 Å². The van der Waals surface area contributed by atoms with Crippen LogP contribution in [0.4, 0.5) is 0 Å². The molecule has 26 heavy (non-hydrogen) atoms. The second kappa shape index (κ2) is 7.07. The topological polar surface area (TPSA) is 72.2 Å². The van der Waals surface area contributed by atoms with Gasteiger partial charge >= 0.3 is 0 Å². The van der Waals surface area contributed by atoms with E-state index in [2.05, 4.69) is 9.97 Å². The van der Waals surface area contributed by atoms with Crippen molar-refractivity contribution in [2.45, 2.75) is 12.8 Å². The van der Waals surface area contributed by atoms with Crippen LogP contribution in [-0.4, -0.2) is 57.8 Å². The normalized spacial score (nSPS) is 15.2. The van der Waals surface area contributed by atoms with Crippen LogP contribution in [0, 0.1) is 0 Å². The summed E-state index contributed by atoms with van der Waals surface area (Å²) in [5.41, 5.74) is 2.59. The first kappa shape index (κ1) is 16.4. The quantitative estimate of drug-likeness (QED) is 0.761. The molecule has 2 amide bonds. The van der Waals surface area contributed by atoms with Gasteiger partial charge in [0.2, 0.25) is 5.91 Å². The molecule has 2 N–H and O–H groups in total. The molecule has 4 rings (SSSR count). The van der Waals surface area contributed by atoms with Crippen molar-refractivity contribution in [1.29, 1.82) is 0 Å². The number of aromatic amines is 2. The van der Waals surface area contributed by atoms with Crippen molar-refractivity contribution in [2.75, 3.05) is 26.2 Å². The summed E-state index contributed by atoms with van der Waals surface area (Å²) in [5, 5.41) is 0.946. The molecule has 0 saturated carbocycles. The molecule has 3 aromatic rings. The molecule has 0 spiro atoms. The lowest BCUT2D eigenvalue weighted by atomic mass is 10.1. The molecule has 134 valence electrons. The molecule has 1 aliphatic heterocycles. The highest BCUT2D eigenvalue weighted by Crippen LogP contribution is 2.20. The lowest BCUT2D eigenvalue weighted by molar-refractivity contribution is -0.130. The Hall–Kier alpha value is -3.02. The van der Waals surface area contributed by atoms with Gasteiger partial charge in [-0.3, -0.25) is 9.59 Å². The molecule has 6 heteroatoms. The van der Waals surface area contributed by atoms with Crippen molar-refractivity contribution in [2.24, 2.45) is 0 Å². The van der Waals surface area contributed by atoms with Crippen molar-refractivity contribution in [1.82, 2.24) is 19.8 Å². The Morgan fingerprint density at radius 2 is 1.73 bits per heavy atom. The predicted octanol–water partition coefficient (Wildman–Crippen LogP) is 2.41. The number of hydrogen-bond donors (Lipinski definition) is 2. The Balaban J connectivity index is 1.43. The van der Waals surface area contributed by atoms with E-state index in [4.69, 9.17) is 0 Å². The van der Waals surface area contributed by atoms with Crippen LogP contribution in [0.3, 0.4) is 0 Å². The number of carbonyl (C=O) groups is 2. The van der Waals surface area contributed by atoms with Crippen LogP contribution < -0.4 is 0 Å². The fraction of sp³-hybridized carbons (Fsp3) is 0.300. The first-order valence-corrected chi connectivity index (χ1v) is 8.98. The molecule has 0 radical (unpaired) electrons. The summed E-state index contributed by atoms with van der Waals surface area (Å²) in [7, 11) is 0. The Morgan fingerprint density at radius 1 is 0.923 bits per heavy atom. The number of amides is 2. The van der Waals surface area contributed by atoms with Gasteiger partial charge in [-0.25, -0.2) is 0 Å². The first-order valence-electron chi connectivity index (χ1n) is 8.98. The van der Waals surface area contributed by atoms with Gasteiger partial charge in [-0.1, -0.05) is 18.2 Å². The van der Waals surface area contributed by atoms with Gasteiger partial charge < -0.3 is 19.8 Å². The molecule has 1 saturated heterocycles. The van der Waals surface area contributed by atoms with Crippen LogP contribution in [0.15, 0.2) is 48.8 Å². The summed E-state index contributed by atoms with van der Waals surface area (Å²) >= 11 is 0. The second-order valence-corrected chi connectivity index (χ2v) is 6.65. The van der Waals surface area contributed by atoms with Gasteiger partial charge in [-0.2, -0.15) is 0 Å². The number of benzene rings is 1. The summed E-state index contributed by atoms with van der Waals surface area (Å²) in [6.45, 7) is 2.50. The Bertz CT molecular complexity index is 913. The maximum Gasteiger partial charge on any atom is 0.256 e. The molecule has 0 unspecified atom stereocenters. The molecule has 6 nitrogen and oxygen atoms in total. The number of rotatable bonds is 3. The number of para-hydroxylation sites is 1. The van der Waals surface area contributed by atoms with E-state index in [0.29, 0.717) is 38.2 Å². The number of nitrogens with zero attached hydrogens (tertiary/aromatic N) is 2. The lowest BCUT2D eigenvalue weighted by Crippen LogP contribution is -2.38. The third-order valence-corrected chi connectivity index (χ3v) is 4.96. The zero-order chi connectivity index (χ0) is 17.9. The molecular formula is C20H22N4O2. The molecule has 1 aromatic carbocycles. The number of H-pyrrole nitrogens is 2. The zero-order valence-corrected chi connectivity index (χ0v) is 14.6. The van der Waals surface area contributed by atoms with Crippen LogP contribution in [0.5, 0.6) is 0 Å². The predicted molar refractivity (Wildman–Crippen MR) is 99.9 cm³/mol. The van der Waals surface area contributed by atoms with E-state index < -0.39 is 0 Å². The Kier molecular flexibility index (Phi) is 4.48. The van der Waals surface area contributed by atoms with Crippen LogP contribution in [0.1, 0.15) is 22.5 Å². The van der Waals surface area contributed by atoms with E-state index in [-0.39, 0.29) is 11.8 Å². The molecule has 0 bridgehead atoms. The van der Waals surface area contributed by atoms with E-state index >= 15 is 0 Å². The number of hydrogen-bond acceptors (Lipinski definition) is 2.